The number of hydrogen-bond donors (Lipinski definition) is 1. The Bertz CT molecular complexity index is 1060. The number of likely N-dealkylation sites (N-methyl/N-ethyl adjacent to an activating group) is 1. The average Bonchev–Trinajstić information content (AvgIpc) is 3.29. The lowest BCUT2D eigenvalue weighted by molar-refractivity contribution is -0.118. The van der Waals surface area contributed by atoms with E-state index in [2.05, 4.69) is 43.1 Å². The second-order valence-corrected chi connectivity index (χ2v) is 9.50. The van der Waals surface area contributed by atoms with Gasteiger partial charge in [0.2, 0.25) is 5.95 Å². The highest BCUT2D eigenvalue weighted by atomic mass is 16.5. The minimum Gasteiger partial charge on any atom is -0.495 e. The van der Waals surface area contributed by atoms with Crippen molar-refractivity contribution >= 4 is 29.0 Å². The van der Waals surface area contributed by atoms with E-state index in [0.717, 1.165) is 37.1 Å². The summed E-state index contributed by atoms with van der Waals surface area (Å²) in [6.45, 7) is 6.50. The van der Waals surface area contributed by atoms with Crippen LogP contribution in [0.15, 0.2) is 24.4 Å². The van der Waals surface area contributed by atoms with Crippen molar-refractivity contribution in [2.24, 2.45) is 0 Å². The van der Waals surface area contributed by atoms with Crippen molar-refractivity contribution in [3.05, 3.63) is 30.0 Å². The van der Waals surface area contributed by atoms with Crippen LogP contribution in [0.4, 0.5) is 23.1 Å². The van der Waals surface area contributed by atoms with E-state index in [1.165, 1.54) is 5.56 Å². The van der Waals surface area contributed by atoms with Gasteiger partial charge in [0.15, 0.2) is 11.9 Å². The Labute approximate surface area is 190 Å². The van der Waals surface area contributed by atoms with Crippen LogP contribution in [-0.4, -0.2) is 42.1 Å². The summed E-state index contributed by atoms with van der Waals surface area (Å²) < 4.78 is 5.63. The molecule has 7 nitrogen and oxygen atoms in total. The first-order chi connectivity index (χ1) is 15.2. The molecule has 1 fully saturated rings. The highest BCUT2D eigenvalue weighted by Gasteiger charge is 2.41. The zero-order valence-electron chi connectivity index (χ0n) is 19.5. The number of nitrogens with zero attached hydrogens (tertiary/aromatic N) is 4. The second-order valence-electron chi connectivity index (χ2n) is 9.50. The molecule has 0 unspecified atom stereocenters. The van der Waals surface area contributed by atoms with Gasteiger partial charge in [-0.25, -0.2) is 4.98 Å². The number of carbonyl (C=O) groups excluding carboxylic acids is 1. The summed E-state index contributed by atoms with van der Waals surface area (Å²) in [6, 6.07) is 5.65. The molecule has 4 rings (SSSR count). The molecule has 1 aromatic heterocycles. The highest BCUT2D eigenvalue weighted by molar-refractivity contribution is 6.06. The molecule has 1 amide bonds. The molecular weight excluding hydrogens is 402 g/mol. The monoisotopic (exact) mass is 433 g/mol. The van der Waals surface area contributed by atoms with Crippen LogP contribution in [0.5, 0.6) is 5.75 Å². The maximum atomic E-state index is 12.9. The predicted octanol–water partition coefficient (Wildman–Crippen LogP) is 4.25. The predicted molar refractivity (Wildman–Crippen MR) is 128 cm³/mol. The number of terminal acetylenes is 1. The largest absolute Gasteiger partial charge is 0.495 e. The van der Waals surface area contributed by atoms with E-state index in [1.807, 2.05) is 17.0 Å². The quantitative estimate of drug-likeness (QED) is 0.727. The third-order valence-electron chi connectivity index (χ3n) is 6.39. The molecule has 7 heteroatoms. The lowest BCUT2D eigenvalue weighted by Gasteiger charge is -2.41. The Morgan fingerprint density at radius 2 is 1.97 bits per heavy atom. The first kappa shape index (κ1) is 21.9. The third kappa shape index (κ3) is 3.86. The van der Waals surface area contributed by atoms with Crippen molar-refractivity contribution in [2.75, 3.05) is 29.3 Å². The average molecular weight is 434 g/mol. The van der Waals surface area contributed by atoms with Gasteiger partial charge in [0.1, 0.15) is 11.4 Å². The van der Waals surface area contributed by atoms with E-state index >= 15 is 0 Å². The molecule has 1 N–H and O–H groups in total. The van der Waals surface area contributed by atoms with Gasteiger partial charge in [0.25, 0.3) is 5.91 Å². The van der Waals surface area contributed by atoms with E-state index < -0.39 is 6.04 Å². The number of aromatic nitrogens is 2. The summed E-state index contributed by atoms with van der Waals surface area (Å²) >= 11 is 0. The molecule has 168 valence electrons. The normalized spacial score (nSPS) is 19.0. The van der Waals surface area contributed by atoms with Gasteiger partial charge in [-0.05, 0) is 36.0 Å². The Morgan fingerprint density at radius 3 is 2.59 bits per heavy atom. The van der Waals surface area contributed by atoms with Gasteiger partial charge >= 0.3 is 0 Å². The number of methoxy groups -OCH3 is 1. The molecule has 1 aliphatic heterocycles. The maximum absolute atomic E-state index is 12.9. The fourth-order valence-electron chi connectivity index (χ4n) is 4.50. The molecule has 0 radical (unpaired) electrons. The summed E-state index contributed by atoms with van der Waals surface area (Å²) in [5, 5.41) is 3.29. The van der Waals surface area contributed by atoms with Crippen LogP contribution in [-0.2, 0) is 10.2 Å². The lowest BCUT2D eigenvalue weighted by Crippen LogP contribution is -2.55. The topological polar surface area (TPSA) is 70.6 Å². The van der Waals surface area contributed by atoms with Gasteiger partial charge in [-0.1, -0.05) is 45.6 Å². The number of hydrogen-bond acceptors (Lipinski definition) is 6. The molecular formula is C25H31N5O2. The Kier molecular flexibility index (Phi) is 5.72. The molecule has 1 atom stereocenters. The van der Waals surface area contributed by atoms with Crippen molar-refractivity contribution in [2.45, 2.75) is 64.0 Å². The molecule has 32 heavy (non-hydrogen) atoms. The Morgan fingerprint density at radius 1 is 1.25 bits per heavy atom. The Balaban J connectivity index is 1.72. The van der Waals surface area contributed by atoms with Crippen LogP contribution >= 0.6 is 0 Å². The Hall–Kier alpha value is -3.27. The van der Waals surface area contributed by atoms with Crippen LogP contribution in [0.25, 0.3) is 0 Å². The summed E-state index contributed by atoms with van der Waals surface area (Å²) in [7, 11) is 3.38. The van der Waals surface area contributed by atoms with E-state index in [0.29, 0.717) is 17.5 Å². The van der Waals surface area contributed by atoms with Gasteiger partial charge < -0.3 is 19.9 Å². The lowest BCUT2D eigenvalue weighted by atomic mass is 9.87. The van der Waals surface area contributed by atoms with E-state index in [1.54, 1.807) is 25.3 Å². The van der Waals surface area contributed by atoms with Crippen molar-refractivity contribution in [1.29, 1.82) is 0 Å². The molecule has 1 aromatic carbocycles. The maximum Gasteiger partial charge on any atom is 0.262 e. The summed E-state index contributed by atoms with van der Waals surface area (Å²) in [5.74, 6) is 4.44. The van der Waals surface area contributed by atoms with Gasteiger partial charge in [-0.3, -0.25) is 4.79 Å². The van der Waals surface area contributed by atoms with Crippen molar-refractivity contribution < 1.29 is 9.53 Å². The van der Waals surface area contributed by atoms with E-state index in [-0.39, 0.29) is 17.4 Å². The number of nitrogens with one attached hydrogen (secondary N) is 1. The first-order valence-corrected chi connectivity index (χ1v) is 11.1. The second kappa shape index (κ2) is 8.34. The number of anilines is 4. The van der Waals surface area contributed by atoms with Crippen LogP contribution in [0.3, 0.4) is 0 Å². The number of rotatable bonds is 4. The number of ether oxygens (including phenoxy) is 1. The van der Waals surface area contributed by atoms with Gasteiger partial charge in [0.05, 0.1) is 19.0 Å². The summed E-state index contributed by atoms with van der Waals surface area (Å²) in [6.07, 6.45) is 11.8. The van der Waals surface area contributed by atoms with Crippen LogP contribution in [0, 0.1) is 12.3 Å². The molecule has 0 spiro atoms. The number of amides is 1. The van der Waals surface area contributed by atoms with Gasteiger partial charge in [-0.2, -0.15) is 4.98 Å². The van der Waals surface area contributed by atoms with E-state index in [4.69, 9.17) is 16.1 Å². The third-order valence-corrected chi connectivity index (χ3v) is 6.39. The van der Waals surface area contributed by atoms with E-state index in [9.17, 15) is 4.79 Å². The SMILES string of the molecule is C#C[C@@H]1C(=O)N(C)c2cnc(Nc3ccc(C(C)(C)C)cc3OC)nc2N1C1CCCC1. The van der Waals surface area contributed by atoms with Crippen LogP contribution in [0.2, 0.25) is 0 Å². The van der Waals surface area contributed by atoms with Crippen molar-refractivity contribution in [3.8, 4) is 18.1 Å². The fraction of sp³-hybridized carbons (Fsp3) is 0.480. The summed E-state index contributed by atoms with van der Waals surface area (Å²) in [5.41, 5.74) is 2.64. The number of carbonyl (C=O) groups is 1. The number of benzene rings is 1. The highest BCUT2D eigenvalue weighted by Crippen LogP contribution is 2.40. The van der Waals surface area contributed by atoms with Crippen LogP contribution in [0.1, 0.15) is 52.0 Å². The first-order valence-electron chi connectivity index (χ1n) is 11.1. The molecule has 1 saturated carbocycles. The minimum absolute atomic E-state index is 0.0112. The molecule has 0 bridgehead atoms. The van der Waals surface area contributed by atoms with Crippen molar-refractivity contribution in [3.63, 3.8) is 0 Å². The standard InChI is InChI=1S/C25H31N5O2/c1-7-19-23(31)29(5)20-15-26-24(28-22(20)30(19)17-10-8-9-11-17)27-18-13-12-16(25(2,3)4)14-21(18)32-6/h1,12-15,17,19H,8-11H2,2-6H3,(H,26,27,28)/t19-/m1/s1. The smallest absolute Gasteiger partial charge is 0.262 e. The molecule has 1 aliphatic carbocycles. The zero-order valence-corrected chi connectivity index (χ0v) is 19.5. The molecule has 0 saturated heterocycles. The molecule has 2 aromatic rings. The van der Waals surface area contributed by atoms with Crippen LogP contribution < -0.4 is 19.9 Å². The molecule has 2 aliphatic rings. The summed E-state index contributed by atoms with van der Waals surface area (Å²) in [4.78, 5) is 25.8. The molecule has 2 heterocycles. The number of fused-ring (bicyclic) bond motifs is 1. The van der Waals surface area contributed by atoms with Crippen molar-refractivity contribution in [1.82, 2.24) is 9.97 Å². The van der Waals surface area contributed by atoms with Gasteiger partial charge in [0, 0.05) is 13.1 Å². The fourth-order valence-corrected chi connectivity index (χ4v) is 4.50. The minimum atomic E-state index is -0.654. The van der Waals surface area contributed by atoms with Gasteiger partial charge in [-0.15, -0.1) is 6.42 Å². The zero-order chi connectivity index (χ0) is 23.0.